The van der Waals surface area contributed by atoms with E-state index in [1.165, 1.54) is 19.3 Å². The van der Waals surface area contributed by atoms with Gasteiger partial charge in [-0.3, -0.25) is 0 Å². The Bertz CT molecular complexity index is 760. The number of benzene rings is 1. The molecule has 0 heterocycles. The first-order valence-electron chi connectivity index (χ1n) is 8.43. The molecule has 1 aromatic carbocycles. The lowest BCUT2D eigenvalue weighted by Crippen LogP contribution is -2.28. The number of carbonyl (C=O) groups is 3. The van der Waals surface area contributed by atoms with Gasteiger partial charge in [0.1, 0.15) is 5.56 Å². The van der Waals surface area contributed by atoms with Crippen molar-refractivity contribution in [1.82, 2.24) is 0 Å². The van der Waals surface area contributed by atoms with Gasteiger partial charge in [0.2, 0.25) is 0 Å². The van der Waals surface area contributed by atoms with Gasteiger partial charge in [-0.25, -0.2) is 14.4 Å². The molecule has 2 unspecified atom stereocenters. The van der Waals surface area contributed by atoms with Gasteiger partial charge in [-0.15, -0.1) is 0 Å². The number of rotatable bonds is 6. The Morgan fingerprint density at radius 3 is 2.33 bits per heavy atom. The van der Waals surface area contributed by atoms with E-state index in [1.54, 1.807) is 0 Å². The molecule has 0 aliphatic heterocycles. The van der Waals surface area contributed by atoms with E-state index in [9.17, 15) is 14.4 Å². The molecule has 1 fully saturated rings. The average Bonchev–Trinajstić information content (AvgIpc) is 2.55. The maximum absolute atomic E-state index is 12.6. The molecule has 0 spiro atoms. The summed E-state index contributed by atoms with van der Waals surface area (Å²) < 4.78 is 10.0. The van der Waals surface area contributed by atoms with Crippen molar-refractivity contribution in [2.45, 2.75) is 33.1 Å². The molecular weight excluding hydrogens is 419 g/mol. The monoisotopic (exact) mass is 436 g/mol. The number of carbonyl (C=O) groups excluding carboxylic acids is 2. The highest BCUT2D eigenvalue weighted by atomic mass is 35.5. The maximum atomic E-state index is 12.6. The smallest absolute Gasteiger partial charge is 0.422 e. The molecule has 0 aromatic heterocycles. The standard InChI is InChI=1S/C18H19Cl3O6/c1-8(9(2)10-4-3-5-10)7-26-17(24)13-14(21)11(19)6-12(20)15(13)27-18(25)16(22)23/h6,8-10H,3-5,7H2,1-2H3,(H,22,23). The third kappa shape index (κ3) is 5.06. The summed E-state index contributed by atoms with van der Waals surface area (Å²) in [4.78, 5) is 34.7. The average molecular weight is 438 g/mol. The molecule has 148 valence electrons. The Morgan fingerprint density at radius 2 is 1.81 bits per heavy atom. The Balaban J connectivity index is 2.20. The van der Waals surface area contributed by atoms with Gasteiger partial charge in [-0.2, -0.15) is 0 Å². The minimum Gasteiger partial charge on any atom is -0.473 e. The zero-order valence-electron chi connectivity index (χ0n) is 14.8. The second kappa shape index (κ2) is 9.13. The van der Waals surface area contributed by atoms with Crippen LogP contribution in [0.1, 0.15) is 43.5 Å². The number of carboxylic acids is 1. The largest absolute Gasteiger partial charge is 0.473 e. The number of halogens is 3. The van der Waals surface area contributed by atoms with Gasteiger partial charge in [0.25, 0.3) is 0 Å². The maximum Gasteiger partial charge on any atom is 0.422 e. The summed E-state index contributed by atoms with van der Waals surface area (Å²) in [6.07, 6.45) is 3.56. The van der Waals surface area contributed by atoms with E-state index in [-0.39, 0.29) is 33.2 Å². The second-order valence-corrected chi connectivity index (χ2v) is 7.87. The van der Waals surface area contributed by atoms with Crippen molar-refractivity contribution in [3.8, 4) is 5.75 Å². The number of esters is 2. The van der Waals surface area contributed by atoms with Gasteiger partial charge in [0.15, 0.2) is 5.75 Å². The van der Waals surface area contributed by atoms with E-state index in [0.29, 0.717) is 11.8 Å². The zero-order chi connectivity index (χ0) is 20.3. The topological polar surface area (TPSA) is 89.9 Å². The molecule has 1 saturated carbocycles. The lowest BCUT2D eigenvalue weighted by molar-refractivity contribution is -0.158. The molecular formula is C18H19Cl3O6. The van der Waals surface area contributed by atoms with Crippen molar-refractivity contribution in [1.29, 1.82) is 0 Å². The van der Waals surface area contributed by atoms with Crippen molar-refractivity contribution in [2.24, 2.45) is 17.8 Å². The van der Waals surface area contributed by atoms with Crippen LogP contribution in [0, 0.1) is 17.8 Å². The molecule has 9 heteroatoms. The third-order valence-corrected chi connectivity index (χ3v) is 6.04. The predicted molar refractivity (Wildman–Crippen MR) is 101 cm³/mol. The first-order chi connectivity index (χ1) is 12.6. The summed E-state index contributed by atoms with van der Waals surface area (Å²) in [5, 5.41) is 8.19. The Hall–Kier alpha value is -1.50. The van der Waals surface area contributed by atoms with E-state index >= 15 is 0 Å². The number of hydrogen-bond donors (Lipinski definition) is 1. The van der Waals surface area contributed by atoms with Crippen LogP contribution in [0.2, 0.25) is 15.1 Å². The second-order valence-electron chi connectivity index (χ2n) is 6.68. The van der Waals surface area contributed by atoms with Gasteiger partial charge in [-0.1, -0.05) is 67.9 Å². The summed E-state index contributed by atoms with van der Waals surface area (Å²) in [5.74, 6) is -3.74. The van der Waals surface area contributed by atoms with E-state index in [0.717, 1.165) is 6.07 Å². The highest BCUT2D eigenvalue weighted by Gasteiger charge is 2.31. The Labute approximate surface area is 171 Å². The first kappa shape index (κ1) is 21.8. The number of carboxylic acid groups (broad SMARTS) is 1. The highest BCUT2D eigenvalue weighted by Crippen LogP contribution is 2.40. The molecule has 0 amide bonds. The fourth-order valence-electron chi connectivity index (χ4n) is 2.86. The predicted octanol–water partition coefficient (Wildman–Crippen LogP) is 4.87. The van der Waals surface area contributed by atoms with Crippen LogP contribution in [-0.4, -0.2) is 29.6 Å². The van der Waals surface area contributed by atoms with E-state index in [2.05, 4.69) is 6.92 Å². The molecule has 2 rings (SSSR count). The van der Waals surface area contributed by atoms with Crippen LogP contribution in [0.15, 0.2) is 6.07 Å². The quantitative estimate of drug-likeness (QED) is 0.296. The van der Waals surface area contributed by atoms with Crippen LogP contribution in [0.5, 0.6) is 5.75 Å². The fourth-order valence-corrected chi connectivity index (χ4v) is 3.58. The molecule has 2 atom stereocenters. The number of hydrogen-bond acceptors (Lipinski definition) is 5. The fraction of sp³-hybridized carbons (Fsp3) is 0.500. The van der Waals surface area contributed by atoms with Crippen LogP contribution in [0.3, 0.4) is 0 Å². The molecule has 27 heavy (non-hydrogen) atoms. The number of ether oxygens (including phenoxy) is 2. The summed E-state index contributed by atoms with van der Waals surface area (Å²) in [6, 6.07) is 1.15. The molecule has 1 aliphatic rings. The molecule has 0 saturated heterocycles. The summed E-state index contributed by atoms with van der Waals surface area (Å²) >= 11 is 18.0. The van der Waals surface area contributed by atoms with Gasteiger partial charge in [0.05, 0.1) is 21.7 Å². The third-order valence-electron chi connectivity index (χ3n) is 4.97. The van der Waals surface area contributed by atoms with Crippen molar-refractivity contribution in [3.63, 3.8) is 0 Å². The lowest BCUT2D eigenvalue weighted by atomic mass is 9.72. The van der Waals surface area contributed by atoms with Gasteiger partial charge >= 0.3 is 17.9 Å². The summed E-state index contributed by atoms with van der Waals surface area (Å²) in [7, 11) is 0. The van der Waals surface area contributed by atoms with Crippen LogP contribution < -0.4 is 4.74 Å². The molecule has 0 radical (unpaired) electrons. The molecule has 0 bridgehead atoms. The summed E-state index contributed by atoms with van der Waals surface area (Å²) in [5.41, 5.74) is -0.382. The van der Waals surface area contributed by atoms with Crippen LogP contribution in [-0.2, 0) is 14.3 Å². The van der Waals surface area contributed by atoms with Crippen LogP contribution in [0.25, 0.3) is 0 Å². The van der Waals surface area contributed by atoms with E-state index < -0.39 is 23.7 Å². The Kier molecular flexibility index (Phi) is 7.37. The molecule has 6 nitrogen and oxygen atoms in total. The first-order valence-corrected chi connectivity index (χ1v) is 9.56. The SMILES string of the molecule is CC(COC(=O)c1c(Cl)c(Cl)cc(Cl)c1OC(=O)C(=O)O)C(C)C1CCC1. The van der Waals surface area contributed by atoms with E-state index in [1.807, 2.05) is 6.92 Å². The normalized spacial score (nSPS) is 16.2. The molecule has 1 aromatic rings. The van der Waals surface area contributed by atoms with Crippen molar-refractivity contribution < 1.29 is 29.0 Å². The zero-order valence-corrected chi connectivity index (χ0v) is 17.0. The molecule has 1 aliphatic carbocycles. The van der Waals surface area contributed by atoms with Crippen molar-refractivity contribution >= 4 is 52.7 Å². The highest BCUT2D eigenvalue weighted by molar-refractivity contribution is 6.46. The Morgan fingerprint density at radius 1 is 1.19 bits per heavy atom. The lowest BCUT2D eigenvalue weighted by Gasteiger charge is -2.34. The van der Waals surface area contributed by atoms with Gasteiger partial charge < -0.3 is 14.6 Å². The van der Waals surface area contributed by atoms with Crippen LogP contribution in [0.4, 0.5) is 0 Å². The van der Waals surface area contributed by atoms with E-state index in [4.69, 9.17) is 49.4 Å². The summed E-state index contributed by atoms with van der Waals surface area (Å²) in [6.45, 7) is 4.23. The van der Waals surface area contributed by atoms with Crippen molar-refractivity contribution in [3.05, 3.63) is 26.7 Å². The van der Waals surface area contributed by atoms with Crippen LogP contribution >= 0.6 is 34.8 Å². The van der Waals surface area contributed by atoms with Crippen molar-refractivity contribution in [2.75, 3.05) is 6.61 Å². The number of aliphatic carboxylic acids is 1. The molecule has 1 N–H and O–H groups in total. The minimum atomic E-state index is -1.85. The van der Waals surface area contributed by atoms with Gasteiger partial charge in [0, 0.05) is 0 Å². The van der Waals surface area contributed by atoms with Gasteiger partial charge in [-0.05, 0) is 23.8 Å². The minimum absolute atomic E-state index is 0.0559.